The first-order chi connectivity index (χ1) is 9.60. The molecule has 1 atom stereocenters. The quantitative estimate of drug-likeness (QED) is 0.847. The number of thiazole rings is 1. The second kappa shape index (κ2) is 6.67. The molecular weight excluding hydrogens is 282 g/mol. The van der Waals surface area contributed by atoms with Crippen LogP contribution < -0.4 is 5.32 Å². The summed E-state index contributed by atoms with van der Waals surface area (Å²) in [6, 6.07) is -0.143. The number of carboxylic acid groups (broad SMARTS) is 1. The Balaban J connectivity index is 1.79. The minimum absolute atomic E-state index is 0.0144. The molecule has 0 radical (unpaired) electrons. The first-order valence-corrected chi connectivity index (χ1v) is 7.17. The number of nitrogens with zero attached hydrogens (tertiary/aromatic N) is 2. The van der Waals surface area contributed by atoms with Gasteiger partial charge in [-0.15, -0.1) is 11.3 Å². The molecule has 2 rings (SSSR count). The van der Waals surface area contributed by atoms with Crippen LogP contribution >= 0.6 is 11.3 Å². The molecule has 2 amide bonds. The molecule has 1 unspecified atom stereocenters. The molecule has 0 aromatic carbocycles. The maximum atomic E-state index is 11.9. The number of aromatic nitrogens is 1. The second-order valence-corrected chi connectivity index (χ2v) is 5.59. The van der Waals surface area contributed by atoms with E-state index in [1.807, 2.05) is 0 Å². The molecule has 2 N–H and O–H groups in total. The summed E-state index contributed by atoms with van der Waals surface area (Å²) < 4.78 is 5.09. The van der Waals surface area contributed by atoms with E-state index in [1.54, 1.807) is 12.0 Å². The van der Waals surface area contributed by atoms with E-state index in [4.69, 9.17) is 9.84 Å². The highest BCUT2D eigenvalue weighted by Gasteiger charge is 2.26. The minimum Gasteiger partial charge on any atom is -0.476 e. The molecule has 0 spiro atoms. The van der Waals surface area contributed by atoms with Crippen molar-refractivity contribution in [3.63, 3.8) is 0 Å². The van der Waals surface area contributed by atoms with E-state index in [1.165, 1.54) is 16.7 Å². The summed E-state index contributed by atoms with van der Waals surface area (Å²) >= 11 is 1.23. The Morgan fingerprint density at radius 2 is 2.45 bits per heavy atom. The lowest BCUT2D eigenvalue weighted by molar-refractivity contribution is 0.0691. The molecule has 1 aliphatic rings. The van der Waals surface area contributed by atoms with E-state index in [2.05, 4.69) is 10.3 Å². The number of carbonyl (C=O) groups is 2. The van der Waals surface area contributed by atoms with Gasteiger partial charge in [-0.05, 0) is 6.42 Å². The van der Waals surface area contributed by atoms with Gasteiger partial charge in [0.1, 0.15) is 5.01 Å². The molecular formula is C12H17N3O4S. The van der Waals surface area contributed by atoms with E-state index in [9.17, 15) is 9.59 Å². The number of nitrogens with one attached hydrogen (secondary N) is 1. The average Bonchev–Trinajstić information content (AvgIpc) is 3.05. The van der Waals surface area contributed by atoms with Crippen LogP contribution in [0.1, 0.15) is 21.9 Å². The number of ether oxygens (including phenoxy) is 1. The highest BCUT2D eigenvalue weighted by Crippen LogP contribution is 2.16. The van der Waals surface area contributed by atoms with Crippen LogP contribution in [-0.4, -0.2) is 53.8 Å². The first-order valence-electron chi connectivity index (χ1n) is 6.29. The van der Waals surface area contributed by atoms with Crippen molar-refractivity contribution >= 4 is 23.3 Å². The monoisotopic (exact) mass is 299 g/mol. The maximum Gasteiger partial charge on any atom is 0.355 e. The van der Waals surface area contributed by atoms with Crippen LogP contribution in [0, 0.1) is 5.92 Å². The van der Waals surface area contributed by atoms with Gasteiger partial charge >= 0.3 is 12.0 Å². The fraction of sp³-hybridized carbons (Fsp3) is 0.583. The Hall–Kier alpha value is -1.67. The van der Waals surface area contributed by atoms with Crippen molar-refractivity contribution in [2.45, 2.75) is 13.0 Å². The number of likely N-dealkylation sites (tertiary alicyclic amines) is 1. The van der Waals surface area contributed by atoms with Crippen molar-refractivity contribution < 1.29 is 19.4 Å². The standard InChI is InChI=1S/C12H17N3O4S/c1-19-6-8-2-3-15(5-8)12(18)13-4-10-14-9(7-20-10)11(16)17/h7-8H,2-6H2,1H3,(H,13,18)(H,16,17). The molecule has 1 fully saturated rings. The van der Waals surface area contributed by atoms with E-state index in [0.29, 0.717) is 24.1 Å². The number of amides is 2. The molecule has 1 aromatic heterocycles. The Morgan fingerprint density at radius 3 is 3.10 bits per heavy atom. The van der Waals surface area contributed by atoms with Gasteiger partial charge in [0.05, 0.1) is 13.2 Å². The maximum absolute atomic E-state index is 11.9. The number of carboxylic acids is 1. The molecule has 1 aromatic rings. The smallest absolute Gasteiger partial charge is 0.355 e. The summed E-state index contributed by atoms with van der Waals surface area (Å²) in [5.41, 5.74) is 0.0144. The molecule has 0 bridgehead atoms. The third-order valence-corrected chi connectivity index (χ3v) is 3.99. The number of aromatic carboxylic acids is 1. The second-order valence-electron chi connectivity index (χ2n) is 4.65. The van der Waals surface area contributed by atoms with Gasteiger partial charge in [-0.3, -0.25) is 0 Å². The Bertz CT molecular complexity index is 491. The zero-order chi connectivity index (χ0) is 14.5. The fourth-order valence-corrected chi connectivity index (χ4v) is 2.85. The molecule has 20 heavy (non-hydrogen) atoms. The number of methoxy groups -OCH3 is 1. The lowest BCUT2D eigenvalue weighted by Gasteiger charge is -2.16. The molecule has 0 saturated carbocycles. The summed E-state index contributed by atoms with van der Waals surface area (Å²) in [7, 11) is 1.66. The number of carbonyl (C=O) groups excluding carboxylic acids is 1. The van der Waals surface area contributed by atoms with Gasteiger partial charge in [0.2, 0.25) is 0 Å². The third kappa shape index (κ3) is 3.67. The lowest BCUT2D eigenvalue weighted by atomic mass is 10.1. The summed E-state index contributed by atoms with van der Waals surface area (Å²) in [6.45, 7) is 2.33. The SMILES string of the molecule is COCC1CCN(C(=O)NCc2nc(C(=O)O)cs2)C1. The van der Waals surface area contributed by atoms with Crippen molar-refractivity contribution in [3.05, 3.63) is 16.1 Å². The van der Waals surface area contributed by atoms with Crippen LogP contribution in [0.15, 0.2) is 5.38 Å². The van der Waals surface area contributed by atoms with Crippen molar-refractivity contribution in [1.29, 1.82) is 0 Å². The van der Waals surface area contributed by atoms with Gasteiger partial charge in [0, 0.05) is 31.5 Å². The number of urea groups is 1. The lowest BCUT2D eigenvalue weighted by Crippen LogP contribution is -2.38. The molecule has 7 nitrogen and oxygen atoms in total. The Labute approximate surface area is 120 Å². The third-order valence-electron chi connectivity index (χ3n) is 3.14. The Kier molecular flexibility index (Phi) is 4.91. The molecule has 8 heteroatoms. The summed E-state index contributed by atoms with van der Waals surface area (Å²) in [5.74, 6) is -0.662. The highest BCUT2D eigenvalue weighted by molar-refractivity contribution is 7.09. The van der Waals surface area contributed by atoms with Gasteiger partial charge in [-0.2, -0.15) is 0 Å². The van der Waals surface area contributed by atoms with Crippen LogP contribution in [0.4, 0.5) is 4.79 Å². The predicted octanol–water partition coefficient (Wildman–Crippen LogP) is 1.02. The summed E-state index contributed by atoms with van der Waals surface area (Å²) in [5, 5.41) is 13.6. The van der Waals surface area contributed by atoms with Crippen LogP contribution in [0.3, 0.4) is 0 Å². The van der Waals surface area contributed by atoms with Crippen molar-refractivity contribution in [2.75, 3.05) is 26.8 Å². The van der Waals surface area contributed by atoms with Crippen molar-refractivity contribution in [1.82, 2.24) is 15.2 Å². The van der Waals surface area contributed by atoms with Gasteiger partial charge in [0.15, 0.2) is 5.69 Å². The van der Waals surface area contributed by atoms with E-state index in [-0.39, 0.29) is 18.3 Å². The molecule has 1 aliphatic heterocycles. The van der Waals surface area contributed by atoms with E-state index < -0.39 is 5.97 Å². The molecule has 2 heterocycles. The Morgan fingerprint density at radius 1 is 1.65 bits per heavy atom. The zero-order valence-corrected chi connectivity index (χ0v) is 12.0. The van der Waals surface area contributed by atoms with Gasteiger partial charge < -0.3 is 20.1 Å². The summed E-state index contributed by atoms with van der Waals surface area (Å²) in [6.07, 6.45) is 0.946. The minimum atomic E-state index is -1.05. The number of hydrogen-bond donors (Lipinski definition) is 2. The van der Waals surface area contributed by atoms with Gasteiger partial charge in [-0.1, -0.05) is 0 Å². The summed E-state index contributed by atoms with van der Waals surface area (Å²) in [4.78, 5) is 28.3. The normalized spacial score (nSPS) is 18.2. The predicted molar refractivity (Wildman–Crippen MR) is 72.9 cm³/mol. The molecule has 110 valence electrons. The number of hydrogen-bond acceptors (Lipinski definition) is 5. The van der Waals surface area contributed by atoms with Gasteiger partial charge in [0.25, 0.3) is 0 Å². The zero-order valence-electron chi connectivity index (χ0n) is 11.2. The van der Waals surface area contributed by atoms with E-state index >= 15 is 0 Å². The van der Waals surface area contributed by atoms with Crippen LogP contribution in [0.2, 0.25) is 0 Å². The largest absolute Gasteiger partial charge is 0.476 e. The van der Waals surface area contributed by atoms with E-state index in [0.717, 1.165) is 13.0 Å². The van der Waals surface area contributed by atoms with Crippen molar-refractivity contribution in [3.8, 4) is 0 Å². The fourth-order valence-electron chi connectivity index (χ4n) is 2.14. The van der Waals surface area contributed by atoms with Crippen LogP contribution in [0.5, 0.6) is 0 Å². The van der Waals surface area contributed by atoms with Crippen LogP contribution in [0.25, 0.3) is 0 Å². The topological polar surface area (TPSA) is 91.8 Å². The molecule has 1 saturated heterocycles. The van der Waals surface area contributed by atoms with Crippen molar-refractivity contribution in [2.24, 2.45) is 5.92 Å². The molecule has 0 aliphatic carbocycles. The van der Waals surface area contributed by atoms with Gasteiger partial charge in [-0.25, -0.2) is 14.6 Å². The highest BCUT2D eigenvalue weighted by atomic mass is 32.1. The van der Waals surface area contributed by atoms with Crippen LogP contribution in [-0.2, 0) is 11.3 Å². The average molecular weight is 299 g/mol. The number of rotatable bonds is 5. The first kappa shape index (κ1) is 14.7.